The van der Waals surface area contributed by atoms with Gasteiger partial charge in [-0.15, -0.1) is 0 Å². The second-order valence-electron chi connectivity index (χ2n) is 6.63. The average Bonchev–Trinajstić information content (AvgIpc) is 2.72. The van der Waals surface area contributed by atoms with E-state index in [4.69, 9.17) is 14.2 Å². The van der Waals surface area contributed by atoms with Gasteiger partial charge >= 0.3 is 0 Å². The van der Waals surface area contributed by atoms with Crippen molar-refractivity contribution >= 4 is 0 Å². The standard InChI is InChI=1S/C19H22O4/c1-19(2)11-22-16-8-7-14(10-17(16)23-12-19)18(20)13-5-4-6-15(9-13)21-3/h4-10,18,20H,11-12H2,1-3H3. The topological polar surface area (TPSA) is 47.9 Å². The van der Waals surface area contributed by atoms with Gasteiger partial charge in [-0.05, 0) is 35.4 Å². The second-order valence-corrected chi connectivity index (χ2v) is 6.63. The summed E-state index contributed by atoms with van der Waals surface area (Å²) in [5.41, 5.74) is 1.50. The Bertz CT molecular complexity index is 694. The van der Waals surface area contributed by atoms with Gasteiger partial charge in [-0.2, -0.15) is 0 Å². The minimum absolute atomic E-state index is 0.0371. The Morgan fingerprint density at radius 2 is 1.70 bits per heavy atom. The van der Waals surface area contributed by atoms with Crippen molar-refractivity contribution in [1.29, 1.82) is 0 Å². The van der Waals surface area contributed by atoms with Crippen LogP contribution in [0, 0.1) is 5.41 Å². The summed E-state index contributed by atoms with van der Waals surface area (Å²) >= 11 is 0. The van der Waals surface area contributed by atoms with Gasteiger partial charge in [0.2, 0.25) is 0 Å². The van der Waals surface area contributed by atoms with Crippen molar-refractivity contribution < 1.29 is 19.3 Å². The summed E-state index contributed by atoms with van der Waals surface area (Å²) in [6, 6.07) is 13.0. The van der Waals surface area contributed by atoms with E-state index in [1.165, 1.54) is 0 Å². The summed E-state index contributed by atoms with van der Waals surface area (Å²) in [4.78, 5) is 0. The SMILES string of the molecule is COc1cccc(C(O)c2ccc3c(c2)OCC(C)(C)CO3)c1. The number of hydrogen-bond acceptors (Lipinski definition) is 4. The monoisotopic (exact) mass is 314 g/mol. The van der Waals surface area contributed by atoms with Crippen LogP contribution in [0.4, 0.5) is 0 Å². The number of hydrogen-bond donors (Lipinski definition) is 1. The highest BCUT2D eigenvalue weighted by molar-refractivity contribution is 5.46. The molecular weight excluding hydrogens is 292 g/mol. The molecule has 3 rings (SSSR count). The Hall–Kier alpha value is -2.20. The van der Waals surface area contributed by atoms with Crippen LogP contribution in [0.15, 0.2) is 42.5 Å². The van der Waals surface area contributed by atoms with Crippen molar-refractivity contribution in [3.05, 3.63) is 53.6 Å². The fourth-order valence-corrected chi connectivity index (χ4v) is 2.52. The number of methoxy groups -OCH3 is 1. The summed E-state index contributed by atoms with van der Waals surface area (Å²) in [5, 5.41) is 10.6. The van der Waals surface area contributed by atoms with E-state index in [1.54, 1.807) is 7.11 Å². The first-order valence-electron chi connectivity index (χ1n) is 7.70. The highest BCUT2D eigenvalue weighted by Crippen LogP contribution is 2.37. The molecule has 1 unspecified atom stereocenters. The molecular formula is C19H22O4. The quantitative estimate of drug-likeness (QED) is 0.941. The zero-order valence-electron chi connectivity index (χ0n) is 13.7. The summed E-state index contributed by atoms with van der Waals surface area (Å²) in [6.45, 7) is 5.40. The van der Waals surface area contributed by atoms with Crippen LogP contribution in [0.3, 0.4) is 0 Å². The van der Waals surface area contributed by atoms with Gasteiger partial charge in [0.1, 0.15) is 11.9 Å². The van der Waals surface area contributed by atoms with Crippen LogP contribution in [0.2, 0.25) is 0 Å². The molecule has 0 bridgehead atoms. The molecule has 0 saturated heterocycles. The molecule has 4 nitrogen and oxygen atoms in total. The van der Waals surface area contributed by atoms with Crippen molar-refractivity contribution in [2.75, 3.05) is 20.3 Å². The highest BCUT2D eigenvalue weighted by atomic mass is 16.5. The first-order chi connectivity index (χ1) is 11.0. The lowest BCUT2D eigenvalue weighted by molar-refractivity contribution is 0.140. The maximum atomic E-state index is 10.6. The predicted octanol–water partition coefficient (Wildman–Crippen LogP) is 3.57. The molecule has 0 spiro atoms. The molecule has 23 heavy (non-hydrogen) atoms. The van der Waals surface area contributed by atoms with Crippen molar-refractivity contribution in [1.82, 2.24) is 0 Å². The minimum atomic E-state index is -0.740. The van der Waals surface area contributed by atoms with E-state index in [0.29, 0.717) is 19.0 Å². The Morgan fingerprint density at radius 1 is 1.00 bits per heavy atom. The third kappa shape index (κ3) is 3.42. The molecule has 0 aliphatic carbocycles. The third-order valence-corrected chi connectivity index (χ3v) is 3.93. The van der Waals surface area contributed by atoms with E-state index >= 15 is 0 Å². The number of fused-ring (bicyclic) bond motifs is 1. The van der Waals surface area contributed by atoms with E-state index in [1.807, 2.05) is 42.5 Å². The molecule has 0 radical (unpaired) electrons. The molecule has 122 valence electrons. The molecule has 0 saturated carbocycles. The van der Waals surface area contributed by atoms with Crippen LogP contribution in [0.1, 0.15) is 31.1 Å². The molecule has 0 aromatic heterocycles. The number of aliphatic hydroxyl groups excluding tert-OH is 1. The van der Waals surface area contributed by atoms with Crippen molar-refractivity contribution in [3.63, 3.8) is 0 Å². The molecule has 0 fully saturated rings. The van der Waals surface area contributed by atoms with E-state index in [9.17, 15) is 5.11 Å². The zero-order chi connectivity index (χ0) is 16.4. The number of benzene rings is 2. The van der Waals surface area contributed by atoms with Gasteiger partial charge in [-0.1, -0.05) is 32.0 Å². The Morgan fingerprint density at radius 3 is 2.43 bits per heavy atom. The van der Waals surface area contributed by atoms with Crippen LogP contribution in [0.25, 0.3) is 0 Å². The lowest BCUT2D eigenvalue weighted by atomic mass is 9.97. The Kier molecular flexibility index (Phi) is 4.18. The smallest absolute Gasteiger partial charge is 0.161 e. The number of ether oxygens (including phenoxy) is 3. The van der Waals surface area contributed by atoms with Gasteiger partial charge in [0, 0.05) is 5.41 Å². The van der Waals surface area contributed by atoms with Crippen LogP contribution < -0.4 is 14.2 Å². The van der Waals surface area contributed by atoms with Gasteiger partial charge in [-0.3, -0.25) is 0 Å². The summed E-state index contributed by atoms with van der Waals surface area (Å²) < 4.78 is 16.9. The first-order valence-corrected chi connectivity index (χ1v) is 7.70. The molecule has 2 aromatic carbocycles. The number of rotatable bonds is 3. The number of aliphatic hydroxyl groups is 1. The molecule has 2 aromatic rings. The normalized spacial score (nSPS) is 17.2. The van der Waals surface area contributed by atoms with Crippen molar-refractivity contribution in [2.24, 2.45) is 5.41 Å². The summed E-state index contributed by atoms with van der Waals surface area (Å²) in [5.74, 6) is 2.12. The lowest BCUT2D eigenvalue weighted by Crippen LogP contribution is -2.26. The van der Waals surface area contributed by atoms with Gasteiger partial charge in [0.15, 0.2) is 11.5 Å². The molecule has 1 N–H and O–H groups in total. The zero-order valence-corrected chi connectivity index (χ0v) is 13.7. The van der Waals surface area contributed by atoms with Crippen LogP contribution in [-0.4, -0.2) is 25.4 Å². The third-order valence-electron chi connectivity index (χ3n) is 3.93. The fourth-order valence-electron chi connectivity index (χ4n) is 2.52. The van der Waals surface area contributed by atoms with Crippen molar-refractivity contribution in [2.45, 2.75) is 20.0 Å². The fraction of sp³-hybridized carbons (Fsp3) is 0.368. The van der Waals surface area contributed by atoms with E-state index in [-0.39, 0.29) is 5.41 Å². The highest BCUT2D eigenvalue weighted by Gasteiger charge is 2.26. The van der Waals surface area contributed by atoms with Crippen molar-refractivity contribution in [3.8, 4) is 17.2 Å². The van der Waals surface area contributed by atoms with Crippen LogP contribution >= 0.6 is 0 Å². The maximum absolute atomic E-state index is 10.6. The van der Waals surface area contributed by atoms with Gasteiger partial charge < -0.3 is 19.3 Å². The lowest BCUT2D eigenvalue weighted by Gasteiger charge is -2.19. The molecule has 0 amide bonds. The van der Waals surface area contributed by atoms with E-state index in [2.05, 4.69) is 13.8 Å². The van der Waals surface area contributed by atoms with Gasteiger partial charge in [0.05, 0.1) is 20.3 Å². The average molecular weight is 314 g/mol. The molecule has 1 aliphatic rings. The second kappa shape index (κ2) is 6.13. The van der Waals surface area contributed by atoms with Gasteiger partial charge in [-0.25, -0.2) is 0 Å². The molecule has 1 heterocycles. The Labute approximate surface area is 136 Å². The van der Waals surface area contributed by atoms with E-state index in [0.717, 1.165) is 22.6 Å². The molecule has 4 heteroatoms. The summed E-state index contributed by atoms with van der Waals surface area (Å²) in [7, 11) is 1.61. The first kappa shape index (κ1) is 15.7. The molecule has 1 atom stereocenters. The van der Waals surface area contributed by atoms with Crippen LogP contribution in [-0.2, 0) is 0 Å². The largest absolute Gasteiger partial charge is 0.497 e. The van der Waals surface area contributed by atoms with Crippen LogP contribution in [0.5, 0.6) is 17.2 Å². The van der Waals surface area contributed by atoms with E-state index < -0.39 is 6.10 Å². The maximum Gasteiger partial charge on any atom is 0.161 e. The van der Waals surface area contributed by atoms with Gasteiger partial charge in [0.25, 0.3) is 0 Å². The molecule has 1 aliphatic heterocycles. The predicted molar refractivity (Wildman–Crippen MR) is 88.3 cm³/mol. The Balaban J connectivity index is 1.88. The minimum Gasteiger partial charge on any atom is -0.497 e. The summed E-state index contributed by atoms with van der Waals surface area (Å²) in [6.07, 6.45) is -0.740.